The molecule has 0 saturated heterocycles. The quantitative estimate of drug-likeness (QED) is 0.633. The second-order valence-electron chi connectivity index (χ2n) is 3.76. The third-order valence-corrected chi connectivity index (χ3v) is 3.61. The van der Waals surface area contributed by atoms with Gasteiger partial charge in [0.15, 0.2) is 0 Å². The van der Waals surface area contributed by atoms with Gasteiger partial charge in [0.05, 0.1) is 21.6 Å². The molecule has 1 aromatic carbocycles. The van der Waals surface area contributed by atoms with E-state index >= 15 is 0 Å². The number of urea groups is 1. The van der Waals surface area contributed by atoms with E-state index in [1.807, 2.05) is 0 Å². The number of carboxylic acids is 1. The lowest BCUT2D eigenvalue weighted by Gasteiger charge is -2.14. The predicted octanol–water partition coefficient (Wildman–Crippen LogP) is 1.55. The Morgan fingerprint density at radius 3 is 2.60 bits per heavy atom. The highest BCUT2D eigenvalue weighted by Gasteiger charge is 2.22. The van der Waals surface area contributed by atoms with Crippen molar-refractivity contribution in [3.05, 3.63) is 27.7 Å². The molecule has 0 aliphatic rings. The van der Waals surface area contributed by atoms with Crippen molar-refractivity contribution in [2.24, 2.45) is 5.73 Å². The van der Waals surface area contributed by atoms with Crippen LogP contribution in [-0.4, -0.2) is 29.1 Å². The van der Waals surface area contributed by atoms with E-state index in [1.165, 1.54) is 0 Å². The fourth-order valence-corrected chi connectivity index (χ4v) is 1.86. The first-order valence-corrected chi connectivity index (χ1v) is 6.51. The summed E-state index contributed by atoms with van der Waals surface area (Å²) < 4.78 is 0.457. The van der Waals surface area contributed by atoms with Gasteiger partial charge in [-0.15, -0.1) is 0 Å². The van der Waals surface area contributed by atoms with E-state index in [2.05, 4.69) is 26.6 Å². The van der Waals surface area contributed by atoms with Crippen LogP contribution in [0.2, 0.25) is 5.02 Å². The largest absolute Gasteiger partial charge is 0.480 e. The van der Waals surface area contributed by atoms with Crippen LogP contribution in [-0.2, 0) is 9.59 Å². The smallest absolute Gasteiger partial charge is 0.326 e. The third-order valence-electron chi connectivity index (χ3n) is 2.21. The van der Waals surface area contributed by atoms with Crippen LogP contribution in [0.15, 0.2) is 22.7 Å². The Kier molecular flexibility index (Phi) is 5.78. The predicted molar refractivity (Wildman–Crippen MR) is 76.5 cm³/mol. The molecule has 20 heavy (non-hydrogen) atoms. The summed E-state index contributed by atoms with van der Waals surface area (Å²) in [4.78, 5) is 33.2. The fourth-order valence-electron chi connectivity index (χ4n) is 1.32. The molecule has 0 bridgehead atoms. The molecule has 0 aromatic heterocycles. The number of carbonyl (C=O) groups excluding carboxylic acids is 2. The molecule has 7 nitrogen and oxygen atoms in total. The minimum atomic E-state index is -1.40. The molecule has 0 unspecified atom stereocenters. The number of carbonyl (C=O) groups is 3. The van der Waals surface area contributed by atoms with E-state index < -0.39 is 30.4 Å². The van der Waals surface area contributed by atoms with Crippen molar-refractivity contribution in [3.8, 4) is 0 Å². The van der Waals surface area contributed by atoms with Gasteiger partial charge in [-0.3, -0.25) is 4.79 Å². The van der Waals surface area contributed by atoms with Gasteiger partial charge in [-0.25, -0.2) is 9.59 Å². The Morgan fingerprint density at radius 1 is 1.40 bits per heavy atom. The van der Waals surface area contributed by atoms with Crippen molar-refractivity contribution in [2.45, 2.75) is 12.5 Å². The minimum absolute atomic E-state index is 0.359. The molecule has 0 spiro atoms. The molecule has 0 aliphatic carbocycles. The topological polar surface area (TPSA) is 122 Å². The second kappa shape index (κ2) is 7.11. The average molecular weight is 365 g/mol. The van der Waals surface area contributed by atoms with Crippen molar-refractivity contribution in [1.29, 1.82) is 0 Å². The molecule has 0 fully saturated rings. The summed E-state index contributed by atoms with van der Waals surface area (Å²) in [5.41, 5.74) is 5.26. The van der Waals surface area contributed by atoms with E-state index in [0.29, 0.717) is 15.2 Å². The van der Waals surface area contributed by atoms with Crippen molar-refractivity contribution in [2.75, 3.05) is 5.32 Å². The Hall–Kier alpha value is -1.80. The first-order chi connectivity index (χ1) is 9.31. The van der Waals surface area contributed by atoms with Crippen LogP contribution in [0.3, 0.4) is 0 Å². The van der Waals surface area contributed by atoms with Gasteiger partial charge in [-0.05, 0) is 28.1 Å². The monoisotopic (exact) mass is 363 g/mol. The molecule has 0 heterocycles. The highest BCUT2D eigenvalue weighted by atomic mass is 79.9. The maximum atomic E-state index is 11.7. The number of nitrogens with one attached hydrogen (secondary N) is 2. The van der Waals surface area contributed by atoms with Crippen molar-refractivity contribution in [3.63, 3.8) is 0 Å². The first-order valence-electron chi connectivity index (χ1n) is 5.34. The lowest BCUT2D eigenvalue weighted by Crippen LogP contribution is -2.45. The zero-order valence-electron chi connectivity index (χ0n) is 10.0. The van der Waals surface area contributed by atoms with E-state index in [0.717, 1.165) is 0 Å². The number of primary amides is 1. The van der Waals surface area contributed by atoms with Gasteiger partial charge in [0.25, 0.3) is 0 Å². The van der Waals surface area contributed by atoms with E-state index in [-0.39, 0.29) is 0 Å². The Labute approximate surface area is 127 Å². The molecule has 9 heteroatoms. The van der Waals surface area contributed by atoms with Crippen LogP contribution in [0, 0.1) is 0 Å². The molecular formula is C11H11BrClN3O4. The number of nitrogens with two attached hydrogens (primary N) is 1. The molecular weight excluding hydrogens is 353 g/mol. The molecule has 1 atom stereocenters. The number of aliphatic carboxylic acids is 1. The first kappa shape index (κ1) is 16.3. The number of carboxylic acid groups (broad SMARTS) is 1. The third kappa shape index (κ3) is 4.71. The van der Waals surface area contributed by atoms with Gasteiger partial charge in [0.1, 0.15) is 6.04 Å². The van der Waals surface area contributed by atoms with Gasteiger partial charge in [0, 0.05) is 0 Å². The average Bonchev–Trinajstić information content (AvgIpc) is 2.33. The molecule has 0 aliphatic heterocycles. The summed E-state index contributed by atoms with van der Waals surface area (Å²) in [7, 11) is 0. The molecule has 0 radical (unpaired) electrons. The van der Waals surface area contributed by atoms with Crippen molar-refractivity contribution in [1.82, 2.24) is 5.32 Å². The van der Waals surface area contributed by atoms with E-state index in [9.17, 15) is 14.4 Å². The lowest BCUT2D eigenvalue weighted by atomic mass is 10.2. The van der Waals surface area contributed by atoms with Crippen LogP contribution in [0.5, 0.6) is 0 Å². The maximum Gasteiger partial charge on any atom is 0.326 e. The Bertz CT molecular complexity index is 552. The number of anilines is 1. The van der Waals surface area contributed by atoms with E-state index in [1.54, 1.807) is 18.2 Å². The van der Waals surface area contributed by atoms with Crippen LogP contribution in [0.1, 0.15) is 6.42 Å². The molecule has 1 aromatic rings. The molecule has 108 valence electrons. The van der Waals surface area contributed by atoms with Gasteiger partial charge in [-0.1, -0.05) is 17.7 Å². The highest BCUT2D eigenvalue weighted by molar-refractivity contribution is 9.10. The number of hydrogen-bond donors (Lipinski definition) is 4. The lowest BCUT2D eigenvalue weighted by molar-refractivity contribution is -0.140. The summed E-state index contributed by atoms with van der Waals surface area (Å²) in [5, 5.41) is 13.8. The maximum absolute atomic E-state index is 11.7. The normalized spacial score (nSPS) is 11.5. The number of amides is 3. The van der Waals surface area contributed by atoms with Gasteiger partial charge < -0.3 is 21.5 Å². The fraction of sp³-hybridized carbons (Fsp3) is 0.182. The Morgan fingerprint density at radius 2 is 2.05 bits per heavy atom. The van der Waals surface area contributed by atoms with E-state index in [4.69, 9.17) is 22.4 Å². The second-order valence-corrected chi connectivity index (χ2v) is 4.96. The molecule has 0 saturated carbocycles. The van der Waals surface area contributed by atoms with Crippen LogP contribution in [0.4, 0.5) is 10.5 Å². The zero-order valence-corrected chi connectivity index (χ0v) is 12.4. The summed E-state index contributed by atoms with van der Waals surface area (Å²) in [6, 6.07) is 2.61. The number of hydrogen-bond acceptors (Lipinski definition) is 3. The SMILES string of the molecule is NC(=O)C[C@@H](NC(=O)Nc1cccc(Cl)c1Br)C(=O)O. The number of halogens is 2. The highest BCUT2D eigenvalue weighted by Crippen LogP contribution is 2.29. The zero-order chi connectivity index (χ0) is 15.3. The number of rotatable bonds is 5. The van der Waals surface area contributed by atoms with Crippen molar-refractivity contribution >= 4 is 51.1 Å². The summed E-state index contributed by atoms with van der Waals surface area (Å²) in [6.45, 7) is 0. The Balaban J connectivity index is 2.73. The molecule has 3 amide bonds. The van der Waals surface area contributed by atoms with Gasteiger partial charge in [0.2, 0.25) is 5.91 Å². The van der Waals surface area contributed by atoms with Crippen LogP contribution >= 0.6 is 27.5 Å². The summed E-state index contributed by atoms with van der Waals surface area (Å²) in [5.74, 6) is -2.19. The van der Waals surface area contributed by atoms with Gasteiger partial charge >= 0.3 is 12.0 Å². The summed E-state index contributed by atoms with van der Waals surface area (Å²) >= 11 is 9.03. The van der Waals surface area contributed by atoms with Crippen molar-refractivity contribution < 1.29 is 19.5 Å². The molecule has 1 rings (SSSR count). The van der Waals surface area contributed by atoms with Crippen LogP contribution < -0.4 is 16.4 Å². The van der Waals surface area contributed by atoms with Gasteiger partial charge in [-0.2, -0.15) is 0 Å². The molecule has 5 N–H and O–H groups in total. The minimum Gasteiger partial charge on any atom is -0.480 e. The summed E-state index contributed by atoms with van der Waals surface area (Å²) in [6.07, 6.45) is -0.501. The standard InChI is InChI=1S/C11H11BrClN3O4/c12-9-5(13)2-1-3-6(9)15-11(20)16-7(10(18)19)4-8(14)17/h1-3,7H,4H2,(H2,14,17)(H,18,19)(H2,15,16,20)/t7-/m1/s1. The number of benzene rings is 1. The van der Waals surface area contributed by atoms with Crippen LogP contribution in [0.25, 0.3) is 0 Å².